The smallest absolute Gasteiger partial charge is 0.227 e. The minimum Gasteiger partial charge on any atom is -0.362 e. The minimum absolute atomic E-state index is 0.112. The number of hydrogen-bond acceptors (Lipinski definition) is 5. The van der Waals surface area contributed by atoms with Gasteiger partial charge >= 0.3 is 0 Å². The Kier molecular flexibility index (Phi) is 8.17. The van der Waals surface area contributed by atoms with Gasteiger partial charge in [-0.3, -0.25) is 4.79 Å². The summed E-state index contributed by atoms with van der Waals surface area (Å²) >= 11 is 0. The van der Waals surface area contributed by atoms with Gasteiger partial charge in [-0.1, -0.05) is 72.8 Å². The number of rotatable bonds is 9. The first-order chi connectivity index (χ1) is 18.6. The summed E-state index contributed by atoms with van der Waals surface area (Å²) in [6, 6.07) is 28.9. The van der Waals surface area contributed by atoms with Crippen molar-refractivity contribution in [2.24, 2.45) is 5.92 Å². The SMILES string of the molecule is CN(C)c1nc(NC2CCC(CNC(=O)C(Cc3ccccc3)c3ccccc3)CC2)nc2ccccc12. The zero-order valence-electron chi connectivity index (χ0n) is 22.3. The van der Waals surface area contributed by atoms with Gasteiger partial charge < -0.3 is 15.5 Å². The molecule has 1 saturated carbocycles. The fourth-order valence-electron chi connectivity index (χ4n) is 5.42. The van der Waals surface area contributed by atoms with E-state index in [4.69, 9.17) is 9.97 Å². The van der Waals surface area contributed by atoms with Gasteiger partial charge in [0.25, 0.3) is 0 Å². The maximum absolute atomic E-state index is 13.3. The van der Waals surface area contributed by atoms with Gasteiger partial charge in [-0.15, -0.1) is 0 Å². The molecule has 5 rings (SSSR count). The number of nitrogens with one attached hydrogen (secondary N) is 2. The van der Waals surface area contributed by atoms with E-state index in [9.17, 15) is 4.79 Å². The molecule has 1 aromatic heterocycles. The maximum Gasteiger partial charge on any atom is 0.227 e. The first kappa shape index (κ1) is 25.7. The van der Waals surface area contributed by atoms with E-state index in [0.717, 1.165) is 54.5 Å². The Morgan fingerprint density at radius 1 is 0.868 bits per heavy atom. The Balaban J connectivity index is 1.16. The molecule has 0 radical (unpaired) electrons. The van der Waals surface area contributed by atoms with Crippen LogP contribution >= 0.6 is 0 Å². The normalized spacial score (nSPS) is 18.1. The third-order valence-electron chi connectivity index (χ3n) is 7.55. The second-order valence-electron chi connectivity index (χ2n) is 10.5. The average molecular weight is 508 g/mol. The summed E-state index contributed by atoms with van der Waals surface area (Å²) in [6.45, 7) is 0.723. The van der Waals surface area contributed by atoms with Crippen molar-refractivity contribution in [1.29, 1.82) is 0 Å². The fourth-order valence-corrected chi connectivity index (χ4v) is 5.42. The summed E-state index contributed by atoms with van der Waals surface area (Å²) in [5, 5.41) is 7.93. The molecule has 1 amide bonds. The summed E-state index contributed by atoms with van der Waals surface area (Å²) in [7, 11) is 4.03. The van der Waals surface area contributed by atoms with Crippen molar-refractivity contribution in [3.05, 3.63) is 96.1 Å². The van der Waals surface area contributed by atoms with E-state index in [2.05, 4.69) is 41.0 Å². The summed E-state index contributed by atoms with van der Waals surface area (Å²) < 4.78 is 0. The molecule has 0 aliphatic heterocycles. The number of carbonyl (C=O) groups is 1. The highest BCUT2D eigenvalue weighted by molar-refractivity contribution is 5.90. The molecule has 0 saturated heterocycles. The fraction of sp³-hybridized carbons (Fsp3) is 0.344. The highest BCUT2D eigenvalue weighted by Crippen LogP contribution is 2.29. The van der Waals surface area contributed by atoms with Gasteiger partial charge in [-0.05, 0) is 61.3 Å². The van der Waals surface area contributed by atoms with E-state index in [0.29, 0.717) is 24.3 Å². The summed E-state index contributed by atoms with van der Waals surface area (Å²) in [6.07, 6.45) is 4.93. The standard InChI is InChI=1S/C32H37N5O/c1-37(2)30-27-15-9-10-16-29(27)35-32(36-30)34-26-19-17-24(18-20-26)22-33-31(38)28(25-13-7-4-8-14-25)21-23-11-5-3-6-12-23/h3-16,24,26,28H,17-22H2,1-2H3,(H,33,38)(H,34,35,36). The second kappa shape index (κ2) is 12.1. The lowest BCUT2D eigenvalue weighted by Crippen LogP contribution is -2.37. The second-order valence-corrected chi connectivity index (χ2v) is 10.5. The number of aromatic nitrogens is 2. The number of carbonyl (C=O) groups excluding carboxylic acids is 1. The lowest BCUT2D eigenvalue weighted by molar-refractivity contribution is -0.122. The monoisotopic (exact) mass is 507 g/mol. The molecule has 1 fully saturated rings. The Morgan fingerprint density at radius 3 is 2.24 bits per heavy atom. The number of amides is 1. The van der Waals surface area contributed by atoms with E-state index in [1.807, 2.05) is 73.6 Å². The number of hydrogen-bond donors (Lipinski definition) is 2. The van der Waals surface area contributed by atoms with Crippen LogP contribution in [0, 0.1) is 5.92 Å². The van der Waals surface area contributed by atoms with Crippen LogP contribution in [0.15, 0.2) is 84.9 Å². The predicted molar refractivity (Wildman–Crippen MR) is 156 cm³/mol. The summed E-state index contributed by atoms with van der Waals surface area (Å²) in [5.74, 6) is 2.03. The van der Waals surface area contributed by atoms with E-state index in [1.54, 1.807) is 0 Å². The molecule has 0 spiro atoms. The van der Waals surface area contributed by atoms with Gasteiger partial charge in [0.05, 0.1) is 11.4 Å². The van der Waals surface area contributed by atoms with Crippen molar-refractivity contribution in [3.8, 4) is 0 Å². The summed E-state index contributed by atoms with van der Waals surface area (Å²) in [4.78, 5) is 25.0. The molecule has 1 atom stereocenters. The van der Waals surface area contributed by atoms with Crippen molar-refractivity contribution in [1.82, 2.24) is 15.3 Å². The molecule has 1 unspecified atom stereocenters. The zero-order valence-corrected chi connectivity index (χ0v) is 22.3. The van der Waals surface area contributed by atoms with Crippen LogP contribution in [-0.2, 0) is 11.2 Å². The maximum atomic E-state index is 13.3. The van der Waals surface area contributed by atoms with Gasteiger partial charge in [0.1, 0.15) is 5.82 Å². The quantitative estimate of drug-likeness (QED) is 0.299. The van der Waals surface area contributed by atoms with E-state index >= 15 is 0 Å². The van der Waals surface area contributed by atoms with Crippen LogP contribution in [0.5, 0.6) is 0 Å². The van der Waals surface area contributed by atoms with Crippen LogP contribution in [0.1, 0.15) is 42.7 Å². The molecule has 4 aromatic rings. The Hall–Kier alpha value is -3.93. The van der Waals surface area contributed by atoms with Crippen molar-refractivity contribution in [2.75, 3.05) is 30.9 Å². The van der Waals surface area contributed by atoms with Gasteiger partial charge in [0.15, 0.2) is 0 Å². The van der Waals surface area contributed by atoms with Crippen LogP contribution in [0.25, 0.3) is 10.9 Å². The van der Waals surface area contributed by atoms with Gasteiger partial charge in [-0.25, -0.2) is 4.98 Å². The number of fused-ring (bicyclic) bond motifs is 1. The number of anilines is 2. The van der Waals surface area contributed by atoms with Crippen molar-refractivity contribution in [2.45, 2.75) is 44.1 Å². The zero-order chi connectivity index (χ0) is 26.3. The van der Waals surface area contributed by atoms with Crippen LogP contribution < -0.4 is 15.5 Å². The van der Waals surface area contributed by atoms with E-state index in [1.165, 1.54) is 5.56 Å². The Bertz CT molecular complexity index is 1330. The van der Waals surface area contributed by atoms with Crippen molar-refractivity contribution >= 4 is 28.6 Å². The molecular formula is C32H37N5O. The Labute approximate surface area is 225 Å². The third kappa shape index (κ3) is 6.31. The molecule has 38 heavy (non-hydrogen) atoms. The van der Waals surface area contributed by atoms with E-state index < -0.39 is 0 Å². The predicted octanol–water partition coefficient (Wildman–Crippen LogP) is 5.81. The summed E-state index contributed by atoms with van der Waals surface area (Å²) in [5.41, 5.74) is 3.19. The number of para-hydroxylation sites is 1. The molecule has 6 heteroatoms. The Morgan fingerprint density at radius 2 is 1.53 bits per heavy atom. The molecule has 6 nitrogen and oxygen atoms in total. The highest BCUT2D eigenvalue weighted by atomic mass is 16.1. The van der Waals surface area contributed by atoms with Crippen LogP contribution in [0.2, 0.25) is 0 Å². The topological polar surface area (TPSA) is 70.2 Å². The lowest BCUT2D eigenvalue weighted by atomic mass is 9.85. The minimum atomic E-state index is -0.187. The highest BCUT2D eigenvalue weighted by Gasteiger charge is 2.25. The van der Waals surface area contributed by atoms with E-state index in [-0.39, 0.29) is 11.8 Å². The van der Waals surface area contributed by atoms with Crippen molar-refractivity contribution < 1.29 is 4.79 Å². The number of nitrogens with zero attached hydrogens (tertiary/aromatic N) is 3. The van der Waals surface area contributed by atoms with Crippen LogP contribution in [0.3, 0.4) is 0 Å². The number of benzene rings is 3. The van der Waals surface area contributed by atoms with Gasteiger partial charge in [-0.2, -0.15) is 4.98 Å². The molecular weight excluding hydrogens is 470 g/mol. The largest absolute Gasteiger partial charge is 0.362 e. The molecule has 1 aliphatic rings. The first-order valence-electron chi connectivity index (χ1n) is 13.6. The molecule has 1 aliphatic carbocycles. The van der Waals surface area contributed by atoms with Crippen molar-refractivity contribution in [3.63, 3.8) is 0 Å². The van der Waals surface area contributed by atoms with Gasteiger partial charge in [0.2, 0.25) is 11.9 Å². The average Bonchev–Trinajstić information content (AvgIpc) is 2.96. The molecule has 3 aromatic carbocycles. The molecule has 2 N–H and O–H groups in total. The first-order valence-corrected chi connectivity index (χ1v) is 13.6. The lowest BCUT2D eigenvalue weighted by Gasteiger charge is -2.30. The van der Waals surface area contributed by atoms with Crippen LogP contribution in [0.4, 0.5) is 11.8 Å². The molecule has 196 valence electrons. The molecule has 0 bridgehead atoms. The van der Waals surface area contributed by atoms with Crippen LogP contribution in [-0.4, -0.2) is 42.6 Å². The third-order valence-corrected chi connectivity index (χ3v) is 7.55. The molecule has 1 heterocycles. The van der Waals surface area contributed by atoms with Gasteiger partial charge in [0, 0.05) is 32.1 Å².